The second-order valence-corrected chi connectivity index (χ2v) is 43.0. The van der Waals surface area contributed by atoms with E-state index in [1.807, 2.05) is 0 Å². The van der Waals surface area contributed by atoms with Crippen molar-refractivity contribution >= 4 is 43.9 Å². The fourth-order valence-corrected chi connectivity index (χ4v) is 13.4. The van der Waals surface area contributed by atoms with Crippen LogP contribution in [0.15, 0.2) is 36.4 Å². The van der Waals surface area contributed by atoms with Crippen LogP contribution in [0.4, 0.5) is 0 Å². The molecule has 0 aromatic heterocycles. The minimum absolute atomic E-state index is 0.190. The van der Waals surface area contributed by atoms with Crippen molar-refractivity contribution in [3.8, 4) is 11.1 Å². The van der Waals surface area contributed by atoms with Gasteiger partial charge in [-0.05, 0) is 0 Å². The molecule has 0 N–H and O–H groups in total. The zero-order valence-corrected chi connectivity index (χ0v) is 31.2. The Morgan fingerprint density at radius 3 is 1.42 bits per heavy atom. The van der Waals surface area contributed by atoms with Gasteiger partial charge in [-0.15, -0.1) is 0 Å². The molecule has 200 valence electrons. The van der Waals surface area contributed by atoms with Gasteiger partial charge in [0.2, 0.25) is 0 Å². The molecule has 2 aromatic carbocycles. The molecule has 1 aliphatic rings. The van der Waals surface area contributed by atoms with Gasteiger partial charge in [-0.25, -0.2) is 0 Å². The minimum atomic E-state index is -2.21. The van der Waals surface area contributed by atoms with Crippen molar-refractivity contribution < 1.29 is 0 Å². The average molecular weight is 702 g/mol. The second-order valence-electron chi connectivity index (χ2n) is 14.0. The van der Waals surface area contributed by atoms with E-state index in [2.05, 4.69) is 93.7 Å². The van der Waals surface area contributed by atoms with Gasteiger partial charge in [-0.1, -0.05) is 0 Å². The summed E-state index contributed by atoms with van der Waals surface area (Å²) in [5.41, 5.74) is 6.75. The monoisotopic (exact) mass is 704 g/mol. The van der Waals surface area contributed by atoms with Gasteiger partial charge < -0.3 is 0 Å². The molecule has 0 aliphatic heterocycles. The Labute approximate surface area is 233 Å². The fourth-order valence-electron chi connectivity index (χ4n) is 6.74. The Hall–Kier alpha value is 0.0374. The normalized spacial score (nSPS) is 16.5. The second kappa shape index (κ2) is 12.5. The van der Waals surface area contributed by atoms with E-state index in [0.29, 0.717) is 0 Å². The van der Waals surface area contributed by atoms with Gasteiger partial charge in [-0.3, -0.25) is 0 Å². The van der Waals surface area contributed by atoms with Crippen molar-refractivity contribution in [2.45, 2.75) is 121 Å². The van der Waals surface area contributed by atoms with Gasteiger partial charge in [0, 0.05) is 0 Å². The summed E-state index contributed by atoms with van der Waals surface area (Å²) in [5.74, 6) is 1.62. The molecule has 0 saturated heterocycles. The number of rotatable bonds is 13. The van der Waals surface area contributed by atoms with Gasteiger partial charge in [-0.2, -0.15) is 0 Å². The third-order valence-electron chi connectivity index (χ3n) is 9.18. The molecule has 0 fully saturated rings. The summed E-state index contributed by atoms with van der Waals surface area (Å²) in [4.78, 5) is 15.5. The SMILES string of the molecule is CCCCC(CC)CC1(CC(CC)CCC)c2c[c]([Sn]([CH3])([CH3])[CH3])ccc2-c2cc[c]([Sn]([CH3])([CH3])[CH3])cc21. The molecule has 0 heterocycles. The summed E-state index contributed by atoms with van der Waals surface area (Å²) in [6.07, 6.45) is 12.1. The summed E-state index contributed by atoms with van der Waals surface area (Å²) in [6, 6.07) is 15.6. The molecule has 2 heteroatoms. The van der Waals surface area contributed by atoms with E-state index < -0.39 is 36.8 Å². The topological polar surface area (TPSA) is 0 Å². The molecule has 2 atom stereocenters. The molecule has 3 rings (SSSR count). The van der Waals surface area contributed by atoms with E-state index in [1.54, 1.807) is 29.4 Å². The number of fused-ring (bicyclic) bond motifs is 3. The van der Waals surface area contributed by atoms with Crippen LogP contribution >= 0.6 is 0 Å². The van der Waals surface area contributed by atoms with Gasteiger partial charge in [0.15, 0.2) is 0 Å². The van der Waals surface area contributed by atoms with Crippen molar-refractivity contribution in [2.75, 3.05) is 0 Å². The van der Waals surface area contributed by atoms with Crippen molar-refractivity contribution in [1.82, 2.24) is 0 Å². The van der Waals surface area contributed by atoms with Crippen LogP contribution in [0.2, 0.25) is 29.6 Å². The van der Waals surface area contributed by atoms with E-state index in [0.717, 1.165) is 11.8 Å². The van der Waals surface area contributed by atoms with E-state index >= 15 is 0 Å². The summed E-state index contributed by atoms with van der Waals surface area (Å²) in [7, 11) is 0. The van der Waals surface area contributed by atoms with Gasteiger partial charge >= 0.3 is 235 Å². The van der Waals surface area contributed by atoms with Crippen LogP contribution in [0.1, 0.15) is 96.6 Å². The van der Waals surface area contributed by atoms with E-state index in [9.17, 15) is 0 Å². The molecule has 36 heavy (non-hydrogen) atoms. The van der Waals surface area contributed by atoms with Crippen molar-refractivity contribution in [2.24, 2.45) is 11.8 Å². The zero-order chi connectivity index (χ0) is 26.7. The summed E-state index contributed by atoms with van der Waals surface area (Å²) >= 11 is -4.42. The average Bonchev–Trinajstić information content (AvgIpc) is 3.09. The molecule has 0 bridgehead atoms. The van der Waals surface area contributed by atoms with Crippen molar-refractivity contribution in [3.05, 3.63) is 47.5 Å². The van der Waals surface area contributed by atoms with Gasteiger partial charge in [0.05, 0.1) is 0 Å². The summed E-state index contributed by atoms with van der Waals surface area (Å²) in [6.45, 7) is 9.66. The Morgan fingerprint density at radius 1 is 0.611 bits per heavy atom. The first kappa shape index (κ1) is 30.6. The molecule has 0 radical (unpaired) electrons. The number of hydrogen-bond donors (Lipinski definition) is 0. The first-order chi connectivity index (χ1) is 16.9. The third-order valence-corrected chi connectivity index (χ3v) is 20.8. The fraction of sp³-hybridized carbons (Fsp3) is 0.647. The van der Waals surface area contributed by atoms with Crippen LogP contribution in [0, 0.1) is 11.8 Å². The van der Waals surface area contributed by atoms with Gasteiger partial charge in [0.1, 0.15) is 0 Å². The quantitative estimate of drug-likeness (QED) is 0.183. The number of benzene rings is 2. The standard InChI is InChI=1S/C28H38.6CH3.2Sn/c1-5-9-15-23(8-4)21-28(20-22(7-3)14-6-2)26-18-12-10-16-24(26)25-17-11-13-19-27(25)28;;;;;;;;/h10-11,16-19,22-23H,5-9,14-15,20-21H2,1-4H3;6*1H3;;. The maximum atomic E-state index is 2.75. The van der Waals surface area contributed by atoms with Crippen LogP contribution in [0.25, 0.3) is 11.1 Å². The predicted octanol–water partition coefficient (Wildman–Crippen LogP) is 9.87. The van der Waals surface area contributed by atoms with Crippen LogP contribution in [-0.2, 0) is 5.41 Å². The molecule has 2 aromatic rings. The molecular weight excluding hydrogens is 646 g/mol. The molecule has 0 saturated carbocycles. The Balaban J connectivity index is 2.33. The number of hydrogen-bond acceptors (Lipinski definition) is 0. The summed E-state index contributed by atoms with van der Waals surface area (Å²) in [5, 5.41) is 0. The van der Waals surface area contributed by atoms with Crippen LogP contribution < -0.4 is 7.16 Å². The van der Waals surface area contributed by atoms with Crippen LogP contribution in [-0.4, -0.2) is 36.8 Å². The number of unbranched alkanes of at least 4 members (excludes halogenated alkanes) is 1. The van der Waals surface area contributed by atoms with Crippen molar-refractivity contribution in [3.63, 3.8) is 0 Å². The third kappa shape index (κ3) is 6.60. The Morgan fingerprint density at radius 2 is 1.06 bits per heavy atom. The molecular formula is C34H56Sn2. The molecule has 0 spiro atoms. The molecule has 1 aliphatic carbocycles. The molecule has 0 amide bonds. The van der Waals surface area contributed by atoms with Crippen LogP contribution in [0.3, 0.4) is 0 Å². The van der Waals surface area contributed by atoms with E-state index in [1.165, 1.54) is 57.8 Å². The summed E-state index contributed by atoms with van der Waals surface area (Å²) < 4.78 is 3.42. The van der Waals surface area contributed by atoms with Crippen LogP contribution in [0.5, 0.6) is 0 Å². The Kier molecular flexibility index (Phi) is 10.6. The first-order valence-electron chi connectivity index (χ1n) is 15.2. The Bertz CT molecular complexity index is 941. The van der Waals surface area contributed by atoms with E-state index in [4.69, 9.17) is 0 Å². The van der Waals surface area contributed by atoms with E-state index in [-0.39, 0.29) is 5.41 Å². The zero-order valence-electron chi connectivity index (χ0n) is 25.5. The van der Waals surface area contributed by atoms with Crippen molar-refractivity contribution in [1.29, 1.82) is 0 Å². The predicted molar refractivity (Wildman–Crippen MR) is 170 cm³/mol. The van der Waals surface area contributed by atoms with Gasteiger partial charge in [0.25, 0.3) is 0 Å². The first-order valence-corrected chi connectivity index (χ1v) is 35.2. The maximum absolute atomic E-state index is 2.75. The molecule has 2 unspecified atom stereocenters. The molecule has 0 nitrogen and oxygen atoms in total.